The maximum absolute atomic E-state index is 13.3. The maximum atomic E-state index is 13.3. The van der Waals surface area contributed by atoms with Crippen molar-refractivity contribution in [3.05, 3.63) is 71.1 Å². The number of halogens is 2. The van der Waals surface area contributed by atoms with E-state index in [0.29, 0.717) is 9.69 Å². The fourth-order valence-corrected chi connectivity index (χ4v) is 6.72. The van der Waals surface area contributed by atoms with Crippen LogP contribution in [0.3, 0.4) is 0 Å². The van der Waals surface area contributed by atoms with Crippen LogP contribution in [0.1, 0.15) is 0 Å². The van der Waals surface area contributed by atoms with Gasteiger partial charge >= 0.3 is 7.60 Å². The lowest BCUT2D eigenvalue weighted by Gasteiger charge is -2.25. The van der Waals surface area contributed by atoms with Crippen LogP contribution >= 0.6 is 30.8 Å². The molecule has 2 heterocycles. The summed E-state index contributed by atoms with van der Waals surface area (Å²) >= 11 is 11.9. The van der Waals surface area contributed by atoms with Crippen molar-refractivity contribution >= 4 is 57.4 Å². The van der Waals surface area contributed by atoms with E-state index in [0.717, 1.165) is 11.2 Å². The molecule has 0 fully saturated rings. The molecular formula is C19H17Cl2N4O5PS. The predicted molar refractivity (Wildman–Crippen MR) is 123 cm³/mol. The van der Waals surface area contributed by atoms with Crippen LogP contribution in [0, 0.1) is 0 Å². The molecule has 0 spiro atoms. The highest BCUT2D eigenvalue weighted by molar-refractivity contribution is 7.93. The molecule has 0 aliphatic rings. The summed E-state index contributed by atoms with van der Waals surface area (Å²) in [5.41, 5.74) is 1.66. The average molecular weight is 515 g/mol. The van der Waals surface area contributed by atoms with Gasteiger partial charge in [-0.15, -0.1) is 0 Å². The molecule has 0 amide bonds. The molecule has 2 aromatic heterocycles. The zero-order valence-electron chi connectivity index (χ0n) is 16.5. The monoisotopic (exact) mass is 514 g/mol. The van der Waals surface area contributed by atoms with Gasteiger partial charge in [0.2, 0.25) is 0 Å². The van der Waals surface area contributed by atoms with Gasteiger partial charge in [-0.1, -0.05) is 23.2 Å². The van der Waals surface area contributed by atoms with Crippen molar-refractivity contribution in [1.29, 1.82) is 0 Å². The molecule has 13 heteroatoms. The molecule has 168 valence electrons. The molecule has 32 heavy (non-hydrogen) atoms. The smallest absolute Gasteiger partial charge is 0.323 e. The lowest BCUT2D eigenvalue weighted by atomic mass is 10.2. The fourth-order valence-electron chi connectivity index (χ4n) is 3.31. The first-order valence-corrected chi connectivity index (χ1v) is 13.1. The minimum absolute atomic E-state index is 0.0798. The molecule has 0 aliphatic heterocycles. The minimum Gasteiger partial charge on any atom is -0.323 e. The normalized spacial score (nSPS) is 12.4. The summed E-state index contributed by atoms with van der Waals surface area (Å²) in [6.45, 7) is 0. The van der Waals surface area contributed by atoms with Crippen molar-refractivity contribution in [3.8, 4) is 5.69 Å². The van der Waals surface area contributed by atoms with Gasteiger partial charge in [-0.3, -0.25) is 13.6 Å². The van der Waals surface area contributed by atoms with Crippen molar-refractivity contribution in [1.82, 2.24) is 14.3 Å². The number of nitrogens with zero attached hydrogens (tertiary/aromatic N) is 4. The van der Waals surface area contributed by atoms with E-state index < -0.39 is 23.9 Å². The highest BCUT2D eigenvalue weighted by Gasteiger charge is 2.32. The Hall–Kier alpha value is -2.33. The van der Waals surface area contributed by atoms with Gasteiger partial charge in [-0.25, -0.2) is 8.42 Å². The Bertz CT molecular complexity index is 1460. The quantitative estimate of drug-likeness (QED) is 0.375. The third kappa shape index (κ3) is 4.56. The number of benzene rings is 2. The Morgan fingerprint density at radius 3 is 2.38 bits per heavy atom. The van der Waals surface area contributed by atoms with E-state index in [1.54, 1.807) is 42.3 Å². The molecule has 0 radical (unpaired) electrons. The number of fused-ring (bicyclic) bond motifs is 1. The Balaban J connectivity index is 1.84. The second kappa shape index (κ2) is 8.22. The van der Waals surface area contributed by atoms with Crippen LogP contribution in [-0.4, -0.2) is 38.8 Å². The van der Waals surface area contributed by atoms with Crippen LogP contribution in [0.4, 0.5) is 5.69 Å². The van der Waals surface area contributed by atoms with Crippen molar-refractivity contribution in [2.75, 3.05) is 10.6 Å². The van der Waals surface area contributed by atoms with Crippen LogP contribution in [0.2, 0.25) is 10.0 Å². The van der Waals surface area contributed by atoms with E-state index in [2.05, 4.69) is 5.10 Å². The Labute approximate surface area is 193 Å². The number of rotatable bonds is 6. The second-order valence-electron chi connectivity index (χ2n) is 7.07. The first-order chi connectivity index (χ1) is 14.9. The number of hydrogen-bond donors (Lipinski definition) is 2. The Morgan fingerprint density at radius 2 is 1.78 bits per heavy atom. The average Bonchev–Trinajstić information content (AvgIpc) is 3.30. The number of hydrogen-bond acceptors (Lipinski definition) is 4. The molecule has 2 N–H and O–H groups in total. The molecule has 0 saturated heterocycles. The van der Waals surface area contributed by atoms with Gasteiger partial charge in [0.05, 0.1) is 28.0 Å². The van der Waals surface area contributed by atoms with Gasteiger partial charge in [0.15, 0.2) is 0 Å². The molecule has 0 unspecified atom stereocenters. The zero-order valence-corrected chi connectivity index (χ0v) is 19.7. The van der Waals surface area contributed by atoms with Crippen molar-refractivity contribution < 1.29 is 22.8 Å². The number of sulfonamides is 1. The van der Waals surface area contributed by atoms with Crippen LogP contribution < -0.4 is 4.31 Å². The van der Waals surface area contributed by atoms with Crippen molar-refractivity contribution in [2.24, 2.45) is 7.05 Å². The molecule has 9 nitrogen and oxygen atoms in total. The number of aryl methyl sites for hydroxylation is 1. The van der Waals surface area contributed by atoms with Gasteiger partial charge in [-0.2, -0.15) is 5.10 Å². The topological polar surface area (TPSA) is 118 Å². The molecule has 4 rings (SSSR count). The van der Waals surface area contributed by atoms with Crippen LogP contribution in [0.5, 0.6) is 0 Å². The zero-order chi connectivity index (χ0) is 23.3. The van der Waals surface area contributed by atoms with E-state index >= 15 is 0 Å². The SMILES string of the molecule is Cn1cc(-n2ccc3cc(N(CP(=O)(O)O)S(=O)(=O)c4cc(Cl)cc(Cl)c4)ccc32)cn1. The lowest BCUT2D eigenvalue weighted by molar-refractivity contribution is 0.373. The minimum atomic E-state index is -4.76. The Morgan fingerprint density at radius 1 is 1.09 bits per heavy atom. The Kier molecular flexibility index (Phi) is 5.87. The summed E-state index contributed by atoms with van der Waals surface area (Å²) in [5, 5.41) is 4.97. The first kappa shape index (κ1) is 22.8. The van der Waals surface area contributed by atoms with Gasteiger partial charge in [-0.05, 0) is 42.5 Å². The molecule has 0 saturated carbocycles. The molecule has 0 atom stereocenters. The van der Waals surface area contributed by atoms with Crippen LogP contribution in [0.15, 0.2) is 66.0 Å². The first-order valence-electron chi connectivity index (χ1n) is 9.08. The summed E-state index contributed by atoms with van der Waals surface area (Å²) in [4.78, 5) is 18.9. The lowest BCUT2D eigenvalue weighted by Crippen LogP contribution is -2.32. The third-order valence-electron chi connectivity index (χ3n) is 4.67. The summed E-state index contributed by atoms with van der Waals surface area (Å²) in [6.07, 6.45) is 4.25. The van der Waals surface area contributed by atoms with Gasteiger partial charge in [0, 0.05) is 34.9 Å². The molecule has 0 aliphatic carbocycles. The number of anilines is 1. The van der Waals surface area contributed by atoms with Crippen molar-refractivity contribution in [3.63, 3.8) is 0 Å². The van der Waals surface area contributed by atoms with Gasteiger partial charge < -0.3 is 14.4 Å². The van der Waals surface area contributed by atoms with E-state index in [-0.39, 0.29) is 20.6 Å². The van der Waals surface area contributed by atoms with Crippen LogP contribution in [-0.2, 0) is 21.6 Å². The van der Waals surface area contributed by atoms with E-state index in [1.165, 1.54) is 24.3 Å². The second-order valence-corrected chi connectivity index (χ2v) is 11.4. The van der Waals surface area contributed by atoms with E-state index in [4.69, 9.17) is 23.2 Å². The predicted octanol–water partition coefficient (Wildman–Crippen LogP) is 4.00. The highest BCUT2D eigenvalue weighted by atomic mass is 35.5. The summed E-state index contributed by atoms with van der Waals surface area (Å²) in [5.74, 6) is 0. The van der Waals surface area contributed by atoms with E-state index in [1.807, 2.05) is 10.8 Å². The van der Waals surface area contributed by atoms with Gasteiger partial charge in [0.1, 0.15) is 6.29 Å². The molecule has 2 aromatic carbocycles. The summed E-state index contributed by atoms with van der Waals surface area (Å²) < 4.78 is 42.6. The summed E-state index contributed by atoms with van der Waals surface area (Å²) in [6, 6.07) is 10.2. The van der Waals surface area contributed by atoms with Crippen LogP contribution in [0.25, 0.3) is 16.6 Å². The third-order valence-corrected chi connectivity index (χ3v) is 7.70. The largest absolute Gasteiger partial charge is 0.345 e. The number of aromatic nitrogens is 3. The van der Waals surface area contributed by atoms with Crippen molar-refractivity contribution in [2.45, 2.75) is 4.90 Å². The standard InChI is InChI=1S/C19H17Cl2N4O5PS/c1-23-11-17(10-22-23)24-5-4-13-6-16(2-3-19(13)24)25(12-31(26,27)28)32(29,30)18-8-14(20)7-15(21)9-18/h2-11H,12H2,1H3,(H2,26,27,28). The molecule has 4 aromatic rings. The fraction of sp³-hybridized carbons (Fsp3) is 0.105. The maximum Gasteiger partial charge on any atom is 0.345 e. The van der Waals surface area contributed by atoms with Gasteiger partial charge in [0.25, 0.3) is 10.0 Å². The highest BCUT2D eigenvalue weighted by Crippen LogP contribution is 2.40. The molecular weight excluding hydrogens is 498 g/mol. The molecule has 0 bridgehead atoms. The van der Waals surface area contributed by atoms with E-state index in [9.17, 15) is 22.8 Å². The summed E-state index contributed by atoms with van der Waals surface area (Å²) in [7, 11) is -7.36.